The first-order chi connectivity index (χ1) is 16.3. The first-order valence-electron chi connectivity index (χ1n) is 13.0. The second-order valence-electron chi connectivity index (χ2n) is 10.7. The average molecular weight is 490 g/mol. The maximum Gasteiger partial charge on any atom is 0.408 e. The predicted octanol–water partition coefficient (Wildman–Crippen LogP) is 5.52. The van der Waals surface area contributed by atoms with Gasteiger partial charge in [-0.3, -0.25) is 9.59 Å². The van der Waals surface area contributed by atoms with E-state index in [-0.39, 0.29) is 23.8 Å². The number of ether oxygens (including phenoxy) is 1. The summed E-state index contributed by atoms with van der Waals surface area (Å²) >= 11 is 0. The number of carbonyl (C=O) groups is 3. The SMILES string of the molecule is CCCCNC(=O)C(c1ccccc1C)N(C(=O)C(CC(C)C)NC(=O)OC(C)(C)C)C(C)CC. The molecule has 0 bridgehead atoms. The number of hydrogen-bond donors (Lipinski definition) is 2. The van der Waals surface area contributed by atoms with Gasteiger partial charge in [-0.05, 0) is 70.9 Å². The summed E-state index contributed by atoms with van der Waals surface area (Å²) in [5, 5.41) is 5.82. The smallest absolute Gasteiger partial charge is 0.408 e. The van der Waals surface area contributed by atoms with Gasteiger partial charge >= 0.3 is 6.09 Å². The van der Waals surface area contributed by atoms with Crippen LogP contribution < -0.4 is 10.6 Å². The predicted molar refractivity (Wildman–Crippen MR) is 141 cm³/mol. The Morgan fingerprint density at radius 1 is 1.06 bits per heavy atom. The highest BCUT2D eigenvalue weighted by molar-refractivity contribution is 5.92. The topological polar surface area (TPSA) is 87.7 Å². The number of nitrogens with zero attached hydrogens (tertiary/aromatic N) is 1. The molecule has 2 N–H and O–H groups in total. The Hall–Kier alpha value is -2.57. The summed E-state index contributed by atoms with van der Waals surface area (Å²) in [6.07, 6.45) is 2.28. The molecule has 0 aliphatic carbocycles. The molecule has 0 aromatic heterocycles. The standard InChI is InChI=1S/C28H47N3O4/c1-10-12-17-29-25(32)24(22-16-14-13-15-20(22)5)31(21(6)11-2)26(33)23(18-19(3)4)30-27(34)35-28(7,8)9/h13-16,19,21,23-24H,10-12,17-18H2,1-9H3,(H,29,32)(H,30,34). The average Bonchev–Trinajstić information content (AvgIpc) is 2.75. The van der Waals surface area contributed by atoms with Crippen molar-refractivity contribution in [3.63, 3.8) is 0 Å². The van der Waals surface area contributed by atoms with Crippen LogP contribution in [0.25, 0.3) is 0 Å². The largest absolute Gasteiger partial charge is 0.444 e. The summed E-state index contributed by atoms with van der Waals surface area (Å²) in [5.41, 5.74) is 1.04. The molecule has 7 heteroatoms. The molecule has 3 amide bonds. The minimum Gasteiger partial charge on any atom is -0.444 e. The molecule has 1 aromatic carbocycles. The Morgan fingerprint density at radius 3 is 2.20 bits per heavy atom. The number of nitrogens with one attached hydrogen (secondary N) is 2. The molecule has 0 aliphatic heterocycles. The lowest BCUT2D eigenvalue weighted by Gasteiger charge is -2.39. The second-order valence-corrected chi connectivity index (χ2v) is 10.7. The van der Waals surface area contributed by atoms with Gasteiger partial charge in [0, 0.05) is 12.6 Å². The lowest BCUT2D eigenvalue weighted by molar-refractivity contribution is -0.145. The number of amides is 3. The quantitative estimate of drug-likeness (QED) is 0.379. The molecule has 0 radical (unpaired) electrons. The Bertz CT molecular complexity index is 832. The van der Waals surface area contributed by atoms with Crippen molar-refractivity contribution in [2.24, 2.45) is 5.92 Å². The summed E-state index contributed by atoms with van der Waals surface area (Å²) in [6.45, 7) is 17.9. The van der Waals surface area contributed by atoms with E-state index in [4.69, 9.17) is 4.74 Å². The van der Waals surface area contributed by atoms with Gasteiger partial charge in [0.1, 0.15) is 17.7 Å². The van der Waals surface area contributed by atoms with Crippen molar-refractivity contribution in [3.05, 3.63) is 35.4 Å². The minimum absolute atomic E-state index is 0.146. The molecule has 0 aliphatic rings. The van der Waals surface area contributed by atoms with Crippen molar-refractivity contribution in [2.45, 2.75) is 112 Å². The number of carbonyl (C=O) groups excluding carboxylic acids is 3. The molecule has 198 valence electrons. The third-order valence-corrected chi connectivity index (χ3v) is 5.86. The van der Waals surface area contributed by atoms with Crippen LogP contribution in [-0.4, -0.2) is 47.0 Å². The zero-order valence-corrected chi connectivity index (χ0v) is 23.2. The van der Waals surface area contributed by atoms with Crippen molar-refractivity contribution >= 4 is 17.9 Å². The molecule has 0 heterocycles. The highest BCUT2D eigenvalue weighted by Crippen LogP contribution is 2.29. The van der Waals surface area contributed by atoms with Gasteiger partial charge in [-0.25, -0.2) is 4.79 Å². The molecule has 0 fully saturated rings. The third kappa shape index (κ3) is 9.90. The molecule has 0 saturated heterocycles. The Morgan fingerprint density at radius 2 is 1.69 bits per heavy atom. The lowest BCUT2D eigenvalue weighted by atomic mass is 9.94. The number of unbranched alkanes of at least 4 members (excludes halogenated alkanes) is 1. The van der Waals surface area contributed by atoms with Gasteiger partial charge in [0.15, 0.2) is 0 Å². The van der Waals surface area contributed by atoms with Crippen molar-refractivity contribution in [1.82, 2.24) is 15.5 Å². The molecule has 1 rings (SSSR count). The molecular weight excluding hydrogens is 442 g/mol. The van der Waals surface area contributed by atoms with E-state index in [2.05, 4.69) is 17.6 Å². The number of hydrogen-bond acceptors (Lipinski definition) is 4. The lowest BCUT2D eigenvalue weighted by Crippen LogP contribution is -2.56. The van der Waals surface area contributed by atoms with Gasteiger partial charge in [-0.2, -0.15) is 0 Å². The van der Waals surface area contributed by atoms with E-state index in [0.717, 1.165) is 24.0 Å². The van der Waals surface area contributed by atoms with E-state index in [1.54, 1.807) is 25.7 Å². The zero-order chi connectivity index (χ0) is 26.8. The highest BCUT2D eigenvalue weighted by atomic mass is 16.6. The van der Waals surface area contributed by atoms with Crippen molar-refractivity contribution in [3.8, 4) is 0 Å². The van der Waals surface area contributed by atoms with Crippen LogP contribution in [0.5, 0.6) is 0 Å². The summed E-state index contributed by atoms with van der Waals surface area (Å²) in [6, 6.07) is 5.83. The molecular formula is C28H47N3O4. The van der Waals surface area contributed by atoms with Crippen LogP contribution >= 0.6 is 0 Å². The van der Waals surface area contributed by atoms with Gasteiger partial charge in [-0.1, -0.05) is 58.4 Å². The molecule has 3 unspecified atom stereocenters. The van der Waals surface area contributed by atoms with Crippen LogP contribution in [0.3, 0.4) is 0 Å². The number of rotatable bonds is 12. The van der Waals surface area contributed by atoms with E-state index >= 15 is 0 Å². The van der Waals surface area contributed by atoms with E-state index in [1.165, 1.54) is 0 Å². The van der Waals surface area contributed by atoms with E-state index in [9.17, 15) is 14.4 Å². The van der Waals surface area contributed by atoms with Crippen LogP contribution in [0, 0.1) is 12.8 Å². The zero-order valence-electron chi connectivity index (χ0n) is 23.2. The Kier molecular flexibility index (Phi) is 12.3. The summed E-state index contributed by atoms with van der Waals surface area (Å²) in [7, 11) is 0. The number of benzene rings is 1. The fourth-order valence-electron chi connectivity index (χ4n) is 3.91. The van der Waals surface area contributed by atoms with Crippen LogP contribution in [-0.2, 0) is 14.3 Å². The molecule has 0 spiro atoms. The van der Waals surface area contributed by atoms with Gasteiger partial charge in [0.2, 0.25) is 11.8 Å². The van der Waals surface area contributed by atoms with Crippen molar-refractivity contribution in [2.75, 3.05) is 6.54 Å². The van der Waals surface area contributed by atoms with Crippen molar-refractivity contribution in [1.29, 1.82) is 0 Å². The fraction of sp³-hybridized carbons (Fsp3) is 0.679. The maximum absolute atomic E-state index is 14.1. The van der Waals surface area contributed by atoms with E-state index in [1.807, 2.05) is 58.9 Å². The highest BCUT2D eigenvalue weighted by Gasteiger charge is 2.39. The first kappa shape index (κ1) is 30.5. The maximum atomic E-state index is 14.1. The first-order valence-corrected chi connectivity index (χ1v) is 13.0. The van der Waals surface area contributed by atoms with Crippen LogP contribution in [0.15, 0.2) is 24.3 Å². The molecule has 7 nitrogen and oxygen atoms in total. The molecule has 1 aromatic rings. The van der Waals surface area contributed by atoms with Crippen LogP contribution in [0.1, 0.15) is 98.2 Å². The summed E-state index contributed by atoms with van der Waals surface area (Å²) < 4.78 is 5.44. The monoisotopic (exact) mass is 489 g/mol. The molecule has 0 saturated carbocycles. The third-order valence-electron chi connectivity index (χ3n) is 5.86. The van der Waals surface area contributed by atoms with Gasteiger partial charge < -0.3 is 20.3 Å². The van der Waals surface area contributed by atoms with E-state index in [0.29, 0.717) is 19.4 Å². The van der Waals surface area contributed by atoms with Crippen molar-refractivity contribution < 1.29 is 19.1 Å². The molecule has 35 heavy (non-hydrogen) atoms. The number of alkyl carbamates (subject to hydrolysis) is 1. The van der Waals surface area contributed by atoms with Gasteiger partial charge in [0.25, 0.3) is 0 Å². The van der Waals surface area contributed by atoms with E-state index < -0.39 is 23.8 Å². The Labute approximate surface area is 212 Å². The number of aryl methyl sites for hydroxylation is 1. The summed E-state index contributed by atoms with van der Waals surface area (Å²) in [4.78, 5) is 42.0. The fourth-order valence-corrected chi connectivity index (χ4v) is 3.91. The summed E-state index contributed by atoms with van der Waals surface area (Å²) in [5.74, 6) is -0.340. The van der Waals surface area contributed by atoms with Gasteiger partial charge in [-0.15, -0.1) is 0 Å². The second kappa shape index (κ2) is 14.1. The minimum atomic E-state index is -0.811. The normalized spacial score (nSPS) is 14.1. The van der Waals surface area contributed by atoms with Crippen LogP contribution in [0.2, 0.25) is 0 Å². The van der Waals surface area contributed by atoms with Crippen LogP contribution in [0.4, 0.5) is 4.79 Å². The van der Waals surface area contributed by atoms with Gasteiger partial charge in [0.05, 0.1) is 0 Å². The Balaban J connectivity index is 3.49. The molecule has 3 atom stereocenters.